The number of hydrogen-bond acceptors (Lipinski definition) is 5. The van der Waals surface area contributed by atoms with E-state index >= 15 is 0 Å². The van der Waals surface area contributed by atoms with Crippen LogP contribution < -0.4 is 10.3 Å². The number of aromatic nitrogens is 1. The van der Waals surface area contributed by atoms with Gasteiger partial charge in [-0.15, -0.1) is 0 Å². The van der Waals surface area contributed by atoms with Crippen LogP contribution in [0, 0.1) is 0 Å². The Bertz CT molecular complexity index is 1460. The number of hydrogen-bond donors (Lipinski definition) is 2. The monoisotopic (exact) mass is 497 g/mol. The molecule has 34 heavy (non-hydrogen) atoms. The molecule has 172 valence electrons. The van der Waals surface area contributed by atoms with Crippen molar-refractivity contribution in [1.82, 2.24) is 4.98 Å². The number of ether oxygens (including phenoxy) is 3. The first-order valence-electron chi connectivity index (χ1n) is 10.3. The largest absolute Gasteiger partial charge is 0.477 e. The molecule has 0 unspecified atom stereocenters. The lowest BCUT2D eigenvalue weighted by Crippen LogP contribution is -2.28. The molecule has 5 rings (SSSR count). The van der Waals surface area contributed by atoms with Crippen molar-refractivity contribution in [2.24, 2.45) is 0 Å². The van der Waals surface area contributed by atoms with Gasteiger partial charge < -0.3 is 24.3 Å². The fraction of sp³-hybridized carbons (Fsp3) is 0.120. The van der Waals surface area contributed by atoms with Crippen molar-refractivity contribution in [3.8, 4) is 11.5 Å². The van der Waals surface area contributed by atoms with Crippen molar-refractivity contribution in [2.45, 2.75) is 5.79 Å². The smallest absolute Gasteiger partial charge is 0.345 e. The average molecular weight is 498 g/mol. The molecular formula is C25H17Cl2NO6. The molecule has 1 aromatic heterocycles. The van der Waals surface area contributed by atoms with Crippen LogP contribution in [-0.4, -0.2) is 29.3 Å². The highest BCUT2D eigenvalue weighted by atomic mass is 35.5. The molecule has 2 heterocycles. The number of carbonyl (C=O) groups is 1. The quantitative estimate of drug-likeness (QED) is 0.373. The molecule has 1 fully saturated rings. The van der Waals surface area contributed by atoms with Crippen LogP contribution in [-0.2, 0) is 15.3 Å². The first-order chi connectivity index (χ1) is 16.4. The maximum Gasteiger partial charge on any atom is 0.345 e. The second-order valence-corrected chi connectivity index (χ2v) is 8.48. The van der Waals surface area contributed by atoms with E-state index in [-0.39, 0.29) is 11.5 Å². The Labute approximate surface area is 203 Å². The number of benzene rings is 3. The summed E-state index contributed by atoms with van der Waals surface area (Å²) < 4.78 is 18.1. The Balaban J connectivity index is 1.74. The van der Waals surface area contributed by atoms with Crippen LogP contribution in [0.25, 0.3) is 10.9 Å². The van der Waals surface area contributed by atoms with Crippen LogP contribution in [0.1, 0.15) is 21.5 Å². The van der Waals surface area contributed by atoms with E-state index in [9.17, 15) is 14.7 Å². The molecule has 0 aliphatic carbocycles. The van der Waals surface area contributed by atoms with Crippen molar-refractivity contribution in [1.29, 1.82) is 0 Å². The molecule has 9 heteroatoms. The van der Waals surface area contributed by atoms with E-state index in [4.69, 9.17) is 37.4 Å². The fourth-order valence-corrected chi connectivity index (χ4v) is 4.31. The van der Waals surface area contributed by atoms with Crippen LogP contribution in [0.4, 0.5) is 0 Å². The molecule has 7 nitrogen and oxygen atoms in total. The highest BCUT2D eigenvalue weighted by Crippen LogP contribution is 2.41. The summed E-state index contributed by atoms with van der Waals surface area (Å²) in [7, 11) is 0. The number of aromatic amines is 1. The van der Waals surface area contributed by atoms with Gasteiger partial charge in [0, 0.05) is 26.6 Å². The van der Waals surface area contributed by atoms with Crippen LogP contribution in [0.2, 0.25) is 10.0 Å². The first-order valence-corrected chi connectivity index (χ1v) is 11.0. The molecule has 3 aromatic carbocycles. The topological polar surface area (TPSA) is 97.8 Å². The fourth-order valence-electron chi connectivity index (χ4n) is 4.00. The zero-order valence-electron chi connectivity index (χ0n) is 17.5. The van der Waals surface area contributed by atoms with Crippen LogP contribution in [0.5, 0.6) is 11.5 Å². The molecule has 0 bridgehead atoms. The van der Waals surface area contributed by atoms with Gasteiger partial charge in [-0.05, 0) is 42.5 Å². The van der Waals surface area contributed by atoms with Gasteiger partial charge in [-0.3, -0.25) is 4.79 Å². The van der Waals surface area contributed by atoms with E-state index < -0.39 is 22.9 Å². The average Bonchev–Trinajstić information content (AvgIpc) is 3.30. The number of nitrogens with one attached hydrogen (secondary N) is 1. The number of H-pyrrole nitrogens is 1. The highest BCUT2D eigenvalue weighted by molar-refractivity contribution is 6.30. The van der Waals surface area contributed by atoms with Crippen molar-refractivity contribution in [3.05, 3.63) is 104 Å². The van der Waals surface area contributed by atoms with Crippen molar-refractivity contribution >= 4 is 40.1 Å². The zero-order chi connectivity index (χ0) is 23.9. The van der Waals surface area contributed by atoms with Gasteiger partial charge in [0.15, 0.2) is 11.3 Å². The standard InChI is InChI=1S/C25H17Cl2NO6/c26-16-7-4-14(5-8-16)25(32-10-11-33-25)15-6-9-20-19(12-15)22(21(24(30)31)23(29)28-20)34-18-3-1-2-17(27)13-18/h1-9,12-13H,10-11H2,(H,28,29)(H,30,31). The molecule has 4 aromatic rings. The van der Waals surface area contributed by atoms with Crippen LogP contribution in [0.15, 0.2) is 71.5 Å². The van der Waals surface area contributed by atoms with Gasteiger partial charge in [-0.25, -0.2) is 4.79 Å². The Morgan fingerprint density at radius 2 is 1.65 bits per heavy atom. The Hall–Kier alpha value is -3.36. The number of rotatable bonds is 5. The second-order valence-electron chi connectivity index (χ2n) is 7.60. The van der Waals surface area contributed by atoms with Gasteiger partial charge in [0.1, 0.15) is 5.75 Å². The highest BCUT2D eigenvalue weighted by Gasteiger charge is 2.41. The predicted molar refractivity (Wildman–Crippen MR) is 127 cm³/mol. The number of carboxylic acid groups (broad SMARTS) is 1. The molecule has 2 N–H and O–H groups in total. The van der Waals surface area contributed by atoms with E-state index in [2.05, 4.69) is 4.98 Å². The van der Waals surface area contributed by atoms with Gasteiger partial charge in [0.25, 0.3) is 5.56 Å². The third-order valence-electron chi connectivity index (χ3n) is 5.49. The van der Waals surface area contributed by atoms with Crippen molar-refractivity contribution in [2.75, 3.05) is 13.2 Å². The number of aromatic carboxylic acids is 1. The molecule has 0 atom stereocenters. The maximum atomic E-state index is 12.6. The maximum absolute atomic E-state index is 12.6. The molecule has 0 spiro atoms. The van der Waals surface area contributed by atoms with E-state index in [1.807, 2.05) is 0 Å². The van der Waals surface area contributed by atoms with Crippen LogP contribution in [0.3, 0.4) is 0 Å². The summed E-state index contributed by atoms with van der Waals surface area (Å²) in [6.07, 6.45) is 0. The number of pyridine rings is 1. The minimum absolute atomic E-state index is 0.111. The summed E-state index contributed by atoms with van der Waals surface area (Å²) in [4.78, 5) is 27.2. The number of carboxylic acids is 1. The lowest BCUT2D eigenvalue weighted by molar-refractivity contribution is -0.129. The van der Waals surface area contributed by atoms with E-state index in [1.165, 1.54) is 6.07 Å². The lowest BCUT2D eigenvalue weighted by Gasteiger charge is -2.29. The van der Waals surface area contributed by atoms with Crippen LogP contribution >= 0.6 is 23.2 Å². The third kappa shape index (κ3) is 3.93. The molecule has 0 saturated carbocycles. The first kappa shape index (κ1) is 22.4. The van der Waals surface area contributed by atoms with Gasteiger partial charge in [0.05, 0.1) is 18.7 Å². The van der Waals surface area contributed by atoms with Crippen molar-refractivity contribution in [3.63, 3.8) is 0 Å². The van der Waals surface area contributed by atoms with Gasteiger partial charge in [0.2, 0.25) is 5.79 Å². The summed E-state index contributed by atoms with van der Waals surface area (Å²) in [5, 5.41) is 11.1. The second kappa shape index (κ2) is 8.77. The predicted octanol–water partition coefficient (Wildman–Crippen LogP) is 5.57. The molecule has 1 saturated heterocycles. The van der Waals surface area contributed by atoms with Gasteiger partial charge in [-0.2, -0.15) is 0 Å². The zero-order valence-corrected chi connectivity index (χ0v) is 19.0. The summed E-state index contributed by atoms with van der Waals surface area (Å²) in [5.74, 6) is -2.48. The Kier molecular flexibility index (Phi) is 5.79. The number of halogens is 2. The summed E-state index contributed by atoms with van der Waals surface area (Å²) in [5.41, 5.74) is 0.386. The molecule has 1 aliphatic heterocycles. The molecular weight excluding hydrogens is 481 g/mol. The molecule has 0 radical (unpaired) electrons. The minimum Gasteiger partial charge on any atom is -0.477 e. The Morgan fingerprint density at radius 3 is 2.32 bits per heavy atom. The summed E-state index contributed by atoms with van der Waals surface area (Å²) in [6, 6.07) is 18.6. The van der Waals surface area contributed by atoms with E-state index in [0.717, 1.165) is 0 Å². The summed E-state index contributed by atoms with van der Waals surface area (Å²) in [6.45, 7) is 0.719. The minimum atomic E-state index is -1.42. The van der Waals surface area contributed by atoms with Crippen molar-refractivity contribution < 1.29 is 24.1 Å². The Morgan fingerprint density at radius 1 is 0.941 bits per heavy atom. The number of fused-ring (bicyclic) bond motifs is 1. The van der Waals surface area contributed by atoms with Gasteiger partial charge >= 0.3 is 5.97 Å². The molecule has 0 amide bonds. The third-order valence-corrected chi connectivity index (χ3v) is 5.98. The summed E-state index contributed by atoms with van der Waals surface area (Å²) >= 11 is 12.1. The van der Waals surface area contributed by atoms with E-state index in [1.54, 1.807) is 60.7 Å². The van der Waals surface area contributed by atoms with Gasteiger partial charge in [-0.1, -0.05) is 47.5 Å². The SMILES string of the molecule is O=C(O)c1c(Oc2cccc(Cl)c2)c2cc(C3(c4ccc(Cl)cc4)OCCO3)ccc2[nH]c1=O. The lowest BCUT2D eigenvalue weighted by atomic mass is 9.95. The normalized spacial score (nSPS) is 14.9. The van der Waals surface area contributed by atoms with E-state index in [0.29, 0.717) is 45.3 Å². The molecule has 1 aliphatic rings.